The second kappa shape index (κ2) is 8.79. The smallest absolute Gasteiger partial charge is 0.325 e. The summed E-state index contributed by atoms with van der Waals surface area (Å²) in [5, 5.41) is 0. The van der Waals surface area contributed by atoms with Gasteiger partial charge in [-0.1, -0.05) is 57.9 Å². The lowest BCUT2D eigenvalue weighted by atomic mass is 10.0. The summed E-state index contributed by atoms with van der Waals surface area (Å²) in [6, 6.07) is 12.8. The first-order chi connectivity index (χ1) is 12.3. The molecule has 5 nitrogen and oxygen atoms in total. The molecule has 2 unspecified atom stereocenters. The van der Waals surface area contributed by atoms with Gasteiger partial charge in [-0.15, -0.1) is 0 Å². The number of sulfonamides is 1. The van der Waals surface area contributed by atoms with Crippen molar-refractivity contribution in [3.8, 4) is 0 Å². The number of benzene rings is 2. The van der Waals surface area contributed by atoms with E-state index in [4.69, 9.17) is 4.74 Å². The van der Waals surface area contributed by atoms with Crippen LogP contribution >= 0.6 is 15.9 Å². The first-order valence-corrected chi connectivity index (χ1v) is 10.6. The number of ether oxygens (including phenoxy) is 1. The Labute approximate surface area is 162 Å². The van der Waals surface area contributed by atoms with Crippen LogP contribution in [-0.4, -0.2) is 27.0 Å². The molecule has 0 bridgehead atoms. The van der Waals surface area contributed by atoms with Gasteiger partial charge in [-0.2, -0.15) is 4.72 Å². The van der Waals surface area contributed by atoms with Crippen molar-refractivity contribution in [3.05, 3.63) is 65.2 Å². The molecule has 0 saturated heterocycles. The fourth-order valence-electron chi connectivity index (χ4n) is 2.49. The van der Waals surface area contributed by atoms with E-state index in [1.165, 1.54) is 12.1 Å². The fraction of sp³-hybridized carbons (Fsp3) is 0.316. The molecule has 2 rings (SSSR count). The first-order valence-electron chi connectivity index (χ1n) is 8.21. The standard InChI is InChI=1S/C19H22BrNO4S/c1-4-25-19(22)18(17(20)16-8-6-5-7-14(16)3)21-26(23,24)15-11-9-13(2)10-12-15/h5-12,17-18,21H,4H2,1-3H3. The average molecular weight is 440 g/mol. The number of aryl methyl sites for hydroxylation is 2. The molecule has 0 fully saturated rings. The molecule has 0 aromatic heterocycles. The van der Waals surface area contributed by atoms with Gasteiger partial charge in [0.05, 0.1) is 16.3 Å². The van der Waals surface area contributed by atoms with E-state index in [2.05, 4.69) is 20.7 Å². The molecule has 2 atom stereocenters. The zero-order valence-electron chi connectivity index (χ0n) is 14.9. The van der Waals surface area contributed by atoms with Crippen LogP contribution in [-0.2, 0) is 19.6 Å². The summed E-state index contributed by atoms with van der Waals surface area (Å²) in [5.41, 5.74) is 2.71. The highest BCUT2D eigenvalue weighted by atomic mass is 79.9. The van der Waals surface area contributed by atoms with Gasteiger partial charge in [-0.3, -0.25) is 4.79 Å². The van der Waals surface area contributed by atoms with Gasteiger partial charge in [0.25, 0.3) is 0 Å². The van der Waals surface area contributed by atoms with Crippen LogP contribution in [0.5, 0.6) is 0 Å². The Kier molecular flexibility index (Phi) is 6.97. The van der Waals surface area contributed by atoms with Crippen LogP contribution < -0.4 is 4.72 Å². The number of carbonyl (C=O) groups is 1. The number of halogens is 1. The highest BCUT2D eigenvalue weighted by Crippen LogP contribution is 2.30. The summed E-state index contributed by atoms with van der Waals surface area (Å²) in [6.45, 7) is 5.62. The Morgan fingerprint density at radius 3 is 2.31 bits per heavy atom. The van der Waals surface area contributed by atoms with Crippen molar-refractivity contribution in [2.75, 3.05) is 6.61 Å². The Hall–Kier alpha value is -1.70. The van der Waals surface area contributed by atoms with Gasteiger partial charge < -0.3 is 4.74 Å². The van der Waals surface area contributed by atoms with Crippen LogP contribution in [0.25, 0.3) is 0 Å². The molecule has 2 aromatic carbocycles. The molecule has 7 heteroatoms. The predicted molar refractivity (Wildman–Crippen MR) is 105 cm³/mol. The SMILES string of the molecule is CCOC(=O)C(NS(=O)(=O)c1ccc(C)cc1)C(Br)c1ccccc1C. The zero-order chi connectivity index (χ0) is 19.3. The molecular formula is C19H22BrNO4S. The molecular weight excluding hydrogens is 418 g/mol. The first kappa shape index (κ1) is 20.6. The molecule has 0 saturated carbocycles. The van der Waals surface area contributed by atoms with Gasteiger partial charge in [0.2, 0.25) is 10.0 Å². The Bertz CT molecular complexity index is 865. The Morgan fingerprint density at radius 2 is 1.73 bits per heavy atom. The van der Waals surface area contributed by atoms with Crippen LogP contribution in [0.15, 0.2) is 53.4 Å². The summed E-state index contributed by atoms with van der Waals surface area (Å²) >= 11 is 3.48. The second-order valence-electron chi connectivity index (χ2n) is 5.92. The Morgan fingerprint density at radius 1 is 1.12 bits per heavy atom. The number of alkyl halides is 1. The van der Waals surface area contributed by atoms with Crippen molar-refractivity contribution in [2.45, 2.75) is 36.5 Å². The monoisotopic (exact) mass is 439 g/mol. The summed E-state index contributed by atoms with van der Waals surface area (Å²) in [7, 11) is -3.89. The number of esters is 1. The van der Waals surface area contributed by atoms with Crippen LogP contribution in [0.4, 0.5) is 0 Å². The van der Waals surface area contributed by atoms with E-state index < -0.39 is 26.9 Å². The van der Waals surface area contributed by atoms with Crippen LogP contribution in [0.2, 0.25) is 0 Å². The maximum Gasteiger partial charge on any atom is 0.325 e. The van der Waals surface area contributed by atoms with E-state index in [1.54, 1.807) is 19.1 Å². The van der Waals surface area contributed by atoms with Crippen molar-refractivity contribution >= 4 is 31.9 Å². The quantitative estimate of drug-likeness (QED) is 0.527. The number of carbonyl (C=O) groups excluding carboxylic acids is 1. The summed E-state index contributed by atoms with van der Waals surface area (Å²) in [5.74, 6) is -0.631. The Balaban J connectivity index is 2.37. The molecule has 0 radical (unpaired) electrons. The van der Waals surface area contributed by atoms with Gasteiger partial charge in [0, 0.05) is 0 Å². The minimum absolute atomic E-state index is 0.0990. The topological polar surface area (TPSA) is 72.5 Å². The molecule has 1 N–H and O–H groups in total. The van der Waals surface area contributed by atoms with Gasteiger partial charge in [-0.05, 0) is 44.0 Å². The van der Waals surface area contributed by atoms with Crippen molar-refractivity contribution in [1.29, 1.82) is 0 Å². The van der Waals surface area contributed by atoms with E-state index >= 15 is 0 Å². The maximum atomic E-state index is 12.7. The van der Waals surface area contributed by atoms with Crippen molar-refractivity contribution in [1.82, 2.24) is 4.72 Å². The van der Waals surface area contributed by atoms with Gasteiger partial charge in [0.15, 0.2) is 0 Å². The predicted octanol–water partition coefficient (Wildman–Crippen LogP) is 3.65. The van der Waals surface area contributed by atoms with Crippen molar-refractivity contribution < 1.29 is 17.9 Å². The summed E-state index contributed by atoms with van der Waals surface area (Å²) in [6.07, 6.45) is 0. The van der Waals surface area contributed by atoms with Crippen molar-refractivity contribution in [2.24, 2.45) is 0 Å². The van der Waals surface area contributed by atoms with Crippen LogP contribution in [0.1, 0.15) is 28.4 Å². The summed E-state index contributed by atoms with van der Waals surface area (Å²) in [4.78, 5) is 12.0. The minimum Gasteiger partial charge on any atom is -0.465 e. The largest absolute Gasteiger partial charge is 0.465 e. The van der Waals surface area contributed by atoms with Gasteiger partial charge in [-0.25, -0.2) is 8.42 Å². The lowest BCUT2D eigenvalue weighted by Crippen LogP contribution is -2.44. The molecule has 0 heterocycles. The molecule has 0 aliphatic heterocycles. The lowest BCUT2D eigenvalue weighted by Gasteiger charge is -2.23. The molecule has 2 aromatic rings. The van der Waals surface area contributed by atoms with Crippen LogP contribution in [0, 0.1) is 13.8 Å². The fourth-order valence-corrected chi connectivity index (χ4v) is 4.72. The molecule has 0 aliphatic rings. The number of hydrogen-bond acceptors (Lipinski definition) is 4. The van der Waals surface area contributed by atoms with E-state index in [0.717, 1.165) is 16.7 Å². The molecule has 0 spiro atoms. The van der Waals surface area contributed by atoms with Gasteiger partial charge >= 0.3 is 5.97 Å². The highest BCUT2D eigenvalue weighted by Gasteiger charge is 2.34. The van der Waals surface area contributed by atoms with Crippen LogP contribution in [0.3, 0.4) is 0 Å². The molecule has 0 aliphatic carbocycles. The number of nitrogens with one attached hydrogen (secondary N) is 1. The van der Waals surface area contributed by atoms with Gasteiger partial charge in [0.1, 0.15) is 6.04 Å². The maximum absolute atomic E-state index is 12.7. The lowest BCUT2D eigenvalue weighted by molar-refractivity contribution is -0.145. The molecule has 0 amide bonds. The minimum atomic E-state index is -3.89. The van der Waals surface area contributed by atoms with E-state index in [9.17, 15) is 13.2 Å². The third-order valence-electron chi connectivity index (χ3n) is 3.93. The third kappa shape index (κ3) is 4.93. The highest BCUT2D eigenvalue weighted by molar-refractivity contribution is 9.09. The number of hydrogen-bond donors (Lipinski definition) is 1. The second-order valence-corrected chi connectivity index (χ2v) is 8.62. The van der Waals surface area contributed by atoms with E-state index in [1.807, 2.05) is 38.1 Å². The zero-order valence-corrected chi connectivity index (χ0v) is 17.3. The molecule has 26 heavy (non-hydrogen) atoms. The average Bonchev–Trinajstić information content (AvgIpc) is 2.60. The van der Waals surface area contributed by atoms with E-state index in [0.29, 0.717) is 0 Å². The third-order valence-corrected chi connectivity index (χ3v) is 6.41. The number of rotatable bonds is 7. The summed E-state index contributed by atoms with van der Waals surface area (Å²) < 4.78 is 33.1. The normalized spacial score (nSPS) is 13.8. The van der Waals surface area contributed by atoms with Crippen molar-refractivity contribution in [3.63, 3.8) is 0 Å². The van der Waals surface area contributed by atoms with E-state index in [-0.39, 0.29) is 11.5 Å². The molecule has 140 valence electrons.